The lowest BCUT2D eigenvalue weighted by Crippen LogP contribution is -2.38. The van der Waals surface area contributed by atoms with Crippen molar-refractivity contribution in [3.05, 3.63) is 53.9 Å². The third kappa shape index (κ3) is 3.16. The number of benzene rings is 2. The third-order valence-corrected chi connectivity index (χ3v) is 6.51. The molecule has 0 bridgehead atoms. The smallest absolute Gasteiger partial charge is 0.253 e. The maximum atomic E-state index is 12.9. The summed E-state index contributed by atoms with van der Waals surface area (Å²) in [4.78, 5) is 35.6. The number of fused-ring (bicyclic) bond motifs is 2. The van der Waals surface area contributed by atoms with Gasteiger partial charge in [0, 0.05) is 29.5 Å². The molecule has 0 radical (unpaired) electrons. The lowest BCUT2D eigenvalue weighted by atomic mass is 9.95. The second kappa shape index (κ2) is 6.98. The van der Waals surface area contributed by atoms with Crippen molar-refractivity contribution in [1.82, 2.24) is 14.9 Å². The van der Waals surface area contributed by atoms with Gasteiger partial charge in [-0.2, -0.15) is 0 Å². The number of likely N-dealkylation sites (tertiary alicyclic amines) is 1. The molecule has 0 aliphatic carbocycles. The number of aromatic nitrogens is 2. The number of hydrogen-bond donors (Lipinski definition) is 2. The first-order chi connectivity index (χ1) is 13.7. The number of imidazole rings is 1. The Bertz CT molecular complexity index is 1040. The van der Waals surface area contributed by atoms with Gasteiger partial charge in [0.05, 0.1) is 22.5 Å². The number of rotatable bonds is 2. The fourth-order valence-corrected chi connectivity index (χ4v) is 4.71. The fourth-order valence-electron chi connectivity index (χ4n) is 3.92. The highest BCUT2D eigenvalue weighted by Gasteiger charge is 2.27. The molecule has 5 rings (SSSR count). The number of hydrogen-bond acceptors (Lipinski definition) is 4. The number of carbonyl (C=O) groups excluding carboxylic acids is 2. The van der Waals surface area contributed by atoms with E-state index in [9.17, 15) is 9.59 Å². The topological polar surface area (TPSA) is 78.1 Å². The lowest BCUT2D eigenvalue weighted by molar-refractivity contribution is -0.113. The minimum Gasteiger partial charge on any atom is -0.342 e. The van der Waals surface area contributed by atoms with E-state index in [1.54, 1.807) is 6.07 Å². The first-order valence-corrected chi connectivity index (χ1v) is 10.5. The summed E-state index contributed by atoms with van der Waals surface area (Å²) >= 11 is 1.50. The summed E-state index contributed by atoms with van der Waals surface area (Å²) in [5.41, 5.74) is 3.42. The Labute approximate surface area is 166 Å². The number of nitrogens with one attached hydrogen (secondary N) is 2. The fraction of sp³-hybridized carbons (Fsp3) is 0.286. The van der Waals surface area contributed by atoms with Crippen molar-refractivity contribution in [2.75, 3.05) is 24.2 Å². The summed E-state index contributed by atoms with van der Waals surface area (Å²) in [7, 11) is 0. The highest BCUT2D eigenvalue weighted by Crippen LogP contribution is 2.33. The summed E-state index contributed by atoms with van der Waals surface area (Å²) in [6, 6.07) is 13.6. The Balaban J connectivity index is 1.28. The molecule has 0 unspecified atom stereocenters. The molecule has 6 nitrogen and oxygen atoms in total. The van der Waals surface area contributed by atoms with E-state index in [2.05, 4.69) is 10.3 Å². The normalized spacial score (nSPS) is 17.4. The molecule has 0 spiro atoms. The average Bonchev–Trinajstić information content (AvgIpc) is 3.17. The van der Waals surface area contributed by atoms with Crippen LogP contribution in [0.3, 0.4) is 0 Å². The van der Waals surface area contributed by atoms with E-state index in [-0.39, 0.29) is 11.8 Å². The zero-order valence-electron chi connectivity index (χ0n) is 15.3. The Morgan fingerprint density at radius 2 is 1.96 bits per heavy atom. The molecule has 0 atom stereocenters. The monoisotopic (exact) mass is 392 g/mol. The quantitative estimate of drug-likeness (QED) is 0.698. The van der Waals surface area contributed by atoms with Crippen LogP contribution in [0.5, 0.6) is 0 Å². The van der Waals surface area contributed by atoms with E-state index in [1.807, 2.05) is 41.3 Å². The van der Waals surface area contributed by atoms with Gasteiger partial charge in [0.1, 0.15) is 5.82 Å². The number of aromatic amines is 1. The van der Waals surface area contributed by atoms with Crippen LogP contribution < -0.4 is 5.32 Å². The number of para-hydroxylation sites is 2. The number of thioether (sulfide) groups is 1. The van der Waals surface area contributed by atoms with Crippen LogP contribution in [-0.4, -0.2) is 45.5 Å². The van der Waals surface area contributed by atoms with Crippen molar-refractivity contribution in [3.63, 3.8) is 0 Å². The van der Waals surface area contributed by atoms with Crippen LogP contribution in [0.2, 0.25) is 0 Å². The number of carbonyl (C=O) groups is 2. The molecule has 2 N–H and O–H groups in total. The molecule has 2 aromatic carbocycles. The maximum absolute atomic E-state index is 12.9. The van der Waals surface area contributed by atoms with E-state index < -0.39 is 0 Å². The van der Waals surface area contributed by atoms with Crippen LogP contribution in [0.25, 0.3) is 11.0 Å². The first-order valence-electron chi connectivity index (χ1n) is 9.48. The molecule has 2 aliphatic rings. The summed E-state index contributed by atoms with van der Waals surface area (Å²) < 4.78 is 0. The standard InChI is InChI=1S/C21H20N4O2S/c26-19-12-28-18-6-5-14(11-17(18)22-19)21(27)25-9-7-13(8-10-25)20-23-15-3-1-2-4-16(15)24-20/h1-6,11,13H,7-10,12H2,(H,22,26)(H,23,24). The predicted octanol–water partition coefficient (Wildman–Crippen LogP) is 3.63. The van der Waals surface area contributed by atoms with Gasteiger partial charge in [-0.1, -0.05) is 12.1 Å². The van der Waals surface area contributed by atoms with Gasteiger partial charge in [0.15, 0.2) is 0 Å². The molecule has 2 amide bonds. The number of nitrogens with zero attached hydrogens (tertiary/aromatic N) is 2. The second-order valence-corrected chi connectivity index (χ2v) is 8.27. The molecule has 142 valence electrons. The van der Waals surface area contributed by atoms with Gasteiger partial charge in [0.25, 0.3) is 5.91 Å². The van der Waals surface area contributed by atoms with Gasteiger partial charge in [-0.3, -0.25) is 9.59 Å². The Morgan fingerprint density at radius 1 is 1.14 bits per heavy atom. The van der Waals surface area contributed by atoms with E-state index in [4.69, 9.17) is 4.98 Å². The maximum Gasteiger partial charge on any atom is 0.253 e. The summed E-state index contributed by atoms with van der Waals surface area (Å²) in [6.45, 7) is 1.41. The minimum atomic E-state index is -0.0197. The van der Waals surface area contributed by atoms with Crippen molar-refractivity contribution < 1.29 is 9.59 Å². The van der Waals surface area contributed by atoms with Gasteiger partial charge in [-0.15, -0.1) is 11.8 Å². The van der Waals surface area contributed by atoms with Gasteiger partial charge < -0.3 is 15.2 Å². The molecule has 1 aromatic heterocycles. The first kappa shape index (κ1) is 17.3. The number of amides is 2. The van der Waals surface area contributed by atoms with E-state index in [0.29, 0.717) is 30.3 Å². The second-order valence-electron chi connectivity index (χ2n) is 7.25. The minimum absolute atomic E-state index is 0.0197. The van der Waals surface area contributed by atoms with Crippen LogP contribution in [-0.2, 0) is 4.79 Å². The highest BCUT2D eigenvalue weighted by molar-refractivity contribution is 8.00. The van der Waals surface area contributed by atoms with Crippen LogP contribution in [0.1, 0.15) is 34.9 Å². The molecule has 2 aliphatic heterocycles. The Kier molecular flexibility index (Phi) is 4.31. The zero-order valence-corrected chi connectivity index (χ0v) is 16.1. The van der Waals surface area contributed by atoms with Gasteiger partial charge in [-0.25, -0.2) is 4.98 Å². The van der Waals surface area contributed by atoms with E-state index >= 15 is 0 Å². The van der Waals surface area contributed by atoms with Crippen molar-refractivity contribution in [1.29, 1.82) is 0 Å². The van der Waals surface area contributed by atoms with E-state index in [1.165, 1.54) is 11.8 Å². The predicted molar refractivity (Wildman–Crippen MR) is 110 cm³/mol. The van der Waals surface area contributed by atoms with Gasteiger partial charge in [-0.05, 0) is 43.2 Å². The Morgan fingerprint density at radius 3 is 2.79 bits per heavy atom. The summed E-state index contributed by atoms with van der Waals surface area (Å²) in [6.07, 6.45) is 1.78. The summed E-state index contributed by atoms with van der Waals surface area (Å²) in [5.74, 6) is 1.79. The average molecular weight is 392 g/mol. The SMILES string of the molecule is O=C1CSc2ccc(C(=O)N3CCC(c4nc5ccccc5[nH]4)CC3)cc2N1. The molecule has 3 aromatic rings. The lowest BCUT2D eigenvalue weighted by Gasteiger charge is -2.31. The molecule has 3 heterocycles. The van der Waals surface area contributed by atoms with Crippen LogP contribution in [0.4, 0.5) is 5.69 Å². The van der Waals surface area contributed by atoms with Crippen LogP contribution >= 0.6 is 11.8 Å². The molecule has 7 heteroatoms. The molecular weight excluding hydrogens is 372 g/mol. The van der Waals surface area contributed by atoms with Gasteiger partial charge in [0.2, 0.25) is 5.91 Å². The Hall–Kier alpha value is -2.80. The van der Waals surface area contributed by atoms with Crippen molar-refractivity contribution in [3.8, 4) is 0 Å². The number of anilines is 1. The number of piperidine rings is 1. The number of H-pyrrole nitrogens is 1. The van der Waals surface area contributed by atoms with Crippen molar-refractivity contribution in [2.24, 2.45) is 0 Å². The van der Waals surface area contributed by atoms with Crippen LogP contribution in [0, 0.1) is 0 Å². The van der Waals surface area contributed by atoms with Gasteiger partial charge >= 0.3 is 0 Å². The molecule has 1 fully saturated rings. The third-order valence-electron chi connectivity index (χ3n) is 5.44. The molecule has 1 saturated heterocycles. The largest absolute Gasteiger partial charge is 0.342 e. The highest BCUT2D eigenvalue weighted by atomic mass is 32.2. The molecule has 0 saturated carbocycles. The van der Waals surface area contributed by atoms with Crippen molar-refractivity contribution >= 4 is 40.3 Å². The molecule has 28 heavy (non-hydrogen) atoms. The molecular formula is C21H20N4O2S. The van der Waals surface area contributed by atoms with Crippen molar-refractivity contribution in [2.45, 2.75) is 23.7 Å². The summed E-state index contributed by atoms with van der Waals surface area (Å²) in [5, 5.41) is 2.86. The van der Waals surface area contributed by atoms with Crippen LogP contribution in [0.15, 0.2) is 47.4 Å². The van der Waals surface area contributed by atoms with E-state index in [0.717, 1.165) is 40.3 Å². The zero-order chi connectivity index (χ0) is 19.1.